The molecule has 118 valence electrons. The minimum Gasteiger partial charge on any atom is -0.393 e. The molecule has 8 atom stereocenters. The fraction of sp³-hybridized carbons (Fsp3) is 0.917. The van der Waals surface area contributed by atoms with Gasteiger partial charge in [-0.2, -0.15) is 0 Å². The van der Waals surface area contributed by atoms with E-state index >= 15 is 0 Å². The fourth-order valence-corrected chi connectivity index (χ4v) is 4.51. The van der Waals surface area contributed by atoms with E-state index in [0.29, 0.717) is 0 Å². The number of aliphatic hydroxyl groups excluding tert-OH is 3. The zero-order valence-electron chi connectivity index (χ0n) is 11.1. The van der Waals surface area contributed by atoms with Crippen LogP contribution in [0, 0.1) is 11.3 Å². The lowest BCUT2D eigenvalue weighted by molar-refractivity contribution is -0.556. The maximum Gasteiger partial charge on any atom is 0.309 e. The Balaban J connectivity index is 1.92. The molecule has 7 N–H and O–H groups in total. The summed E-state index contributed by atoms with van der Waals surface area (Å²) in [7, 11) is 0. The van der Waals surface area contributed by atoms with Gasteiger partial charge < -0.3 is 40.7 Å². The van der Waals surface area contributed by atoms with E-state index in [1.54, 1.807) is 0 Å². The maximum atomic E-state index is 10.6. The number of amidine groups is 1. The molecule has 0 radical (unpaired) electrons. The van der Waals surface area contributed by atoms with Crippen LogP contribution in [0.1, 0.15) is 6.42 Å². The first kappa shape index (κ1) is 13.8. The molecule has 0 aromatic heterocycles. The quantitative estimate of drug-likeness (QED) is 0.288. The first-order chi connectivity index (χ1) is 9.79. The Labute approximate surface area is 119 Å². The molecule has 4 aliphatic heterocycles. The van der Waals surface area contributed by atoms with Gasteiger partial charge in [-0.3, -0.25) is 4.99 Å². The van der Waals surface area contributed by atoms with Gasteiger partial charge in [-0.05, 0) is 0 Å². The number of hydrogen-bond donors (Lipinski definition) is 6. The Morgan fingerprint density at radius 2 is 1.90 bits per heavy atom. The Morgan fingerprint density at radius 3 is 2.57 bits per heavy atom. The average molecular weight is 302 g/mol. The van der Waals surface area contributed by atoms with Gasteiger partial charge in [0.2, 0.25) is 0 Å². The molecule has 4 fully saturated rings. The number of aliphatic hydroxyl groups is 5. The van der Waals surface area contributed by atoms with Gasteiger partial charge in [0, 0.05) is 24.3 Å². The van der Waals surface area contributed by atoms with Crippen LogP contribution in [-0.2, 0) is 9.47 Å². The molecule has 6 unspecified atom stereocenters. The third kappa shape index (κ3) is 1.29. The molecule has 5 rings (SSSR count). The Bertz CT molecular complexity index is 530. The minimum atomic E-state index is -2.33. The van der Waals surface area contributed by atoms with Crippen LogP contribution < -0.4 is 5.73 Å². The van der Waals surface area contributed by atoms with E-state index in [-0.39, 0.29) is 18.8 Å². The van der Waals surface area contributed by atoms with E-state index < -0.39 is 53.9 Å². The molecule has 9 heteroatoms. The molecule has 9 nitrogen and oxygen atoms in total. The molecule has 4 heterocycles. The molecule has 0 aromatic carbocycles. The van der Waals surface area contributed by atoms with Crippen LogP contribution in [0.25, 0.3) is 0 Å². The molecular formula is C12H18N2O7. The van der Waals surface area contributed by atoms with Gasteiger partial charge in [0.25, 0.3) is 0 Å². The van der Waals surface area contributed by atoms with E-state index in [2.05, 4.69) is 4.99 Å². The summed E-state index contributed by atoms with van der Waals surface area (Å²) in [5.41, 5.74) is 2.66. The lowest BCUT2D eigenvalue weighted by atomic mass is 9.50. The van der Waals surface area contributed by atoms with Crippen molar-refractivity contribution in [1.82, 2.24) is 0 Å². The number of aliphatic imine (C=N–C) groups is 1. The van der Waals surface area contributed by atoms with E-state index in [4.69, 9.17) is 15.2 Å². The third-order valence-corrected chi connectivity index (χ3v) is 5.56. The van der Waals surface area contributed by atoms with Crippen LogP contribution in [0.4, 0.5) is 0 Å². The van der Waals surface area contributed by atoms with E-state index in [0.717, 1.165) is 0 Å². The third-order valence-electron chi connectivity index (χ3n) is 5.56. The summed E-state index contributed by atoms with van der Waals surface area (Å²) in [6.07, 6.45) is -5.09. The van der Waals surface area contributed by atoms with Crippen LogP contribution in [0.2, 0.25) is 0 Å². The topological polar surface area (TPSA) is 158 Å². The van der Waals surface area contributed by atoms with Crippen molar-refractivity contribution >= 4 is 5.84 Å². The minimum absolute atomic E-state index is 0.0591. The second-order valence-corrected chi connectivity index (χ2v) is 6.43. The standard InChI is InChI=1S/C12H18N2O7/c13-5-1-10-4(2-14-5)7-11(18,3-15)8(6(10)16)21-12(19,20-7)9(10)17/h4,6-9,15-19H,1-3H2,(H2,13,14)/t4?,6-,7?,8?,9+,10?,11?,12?/m1/s1. The molecule has 0 aromatic rings. The van der Waals surface area contributed by atoms with Crippen molar-refractivity contribution in [3.8, 4) is 0 Å². The Morgan fingerprint density at radius 1 is 1.24 bits per heavy atom. The van der Waals surface area contributed by atoms with Crippen LogP contribution >= 0.6 is 0 Å². The van der Waals surface area contributed by atoms with Gasteiger partial charge >= 0.3 is 5.97 Å². The second-order valence-electron chi connectivity index (χ2n) is 6.43. The normalized spacial score (nSPS) is 61.6. The Hall–Kier alpha value is -0.810. The smallest absolute Gasteiger partial charge is 0.309 e. The van der Waals surface area contributed by atoms with Gasteiger partial charge in [-0.25, -0.2) is 0 Å². The molecule has 1 aliphatic carbocycles. The highest BCUT2D eigenvalue weighted by molar-refractivity contribution is 5.82. The molecule has 1 spiro atoms. The van der Waals surface area contributed by atoms with Crippen molar-refractivity contribution in [2.45, 2.75) is 42.4 Å². The number of rotatable bonds is 1. The highest BCUT2D eigenvalue weighted by Crippen LogP contribution is 2.63. The predicted octanol–water partition coefficient (Wildman–Crippen LogP) is -3.75. The van der Waals surface area contributed by atoms with Crippen molar-refractivity contribution in [1.29, 1.82) is 0 Å². The highest BCUT2D eigenvalue weighted by atomic mass is 16.9. The predicted molar refractivity (Wildman–Crippen MR) is 65.8 cm³/mol. The molecule has 3 saturated heterocycles. The summed E-state index contributed by atoms with van der Waals surface area (Å²) in [6, 6.07) is 0. The lowest BCUT2D eigenvalue weighted by Crippen LogP contribution is -2.88. The molecule has 21 heavy (non-hydrogen) atoms. The summed E-state index contributed by atoms with van der Waals surface area (Å²) in [4.78, 5) is 4.10. The summed E-state index contributed by atoms with van der Waals surface area (Å²) in [5, 5.41) is 51.7. The van der Waals surface area contributed by atoms with Crippen molar-refractivity contribution in [3.63, 3.8) is 0 Å². The van der Waals surface area contributed by atoms with E-state index in [9.17, 15) is 25.5 Å². The van der Waals surface area contributed by atoms with Gasteiger partial charge in [0.15, 0.2) is 0 Å². The van der Waals surface area contributed by atoms with Crippen LogP contribution in [0.5, 0.6) is 0 Å². The first-order valence-electron chi connectivity index (χ1n) is 6.86. The molecule has 0 amide bonds. The summed E-state index contributed by atoms with van der Waals surface area (Å²) >= 11 is 0. The zero-order chi connectivity index (χ0) is 15.2. The van der Waals surface area contributed by atoms with Gasteiger partial charge in [0.05, 0.1) is 18.5 Å². The number of nitrogens with zero attached hydrogens (tertiary/aromatic N) is 1. The average Bonchev–Trinajstić information content (AvgIpc) is 2.45. The van der Waals surface area contributed by atoms with Crippen molar-refractivity contribution in [3.05, 3.63) is 0 Å². The van der Waals surface area contributed by atoms with Crippen LogP contribution in [-0.4, -0.2) is 80.5 Å². The molecular weight excluding hydrogens is 284 g/mol. The first-order valence-corrected chi connectivity index (χ1v) is 6.86. The SMILES string of the molecule is NC1=NCC2C3OC4(O)OC([C@@H](O)C2(C1)[C@@H]4O)C3(O)CO. The number of hydrogen-bond acceptors (Lipinski definition) is 9. The van der Waals surface area contributed by atoms with Crippen molar-refractivity contribution in [2.24, 2.45) is 22.1 Å². The Kier molecular flexibility index (Phi) is 2.46. The number of nitrogens with two attached hydrogens (primary N) is 1. The van der Waals surface area contributed by atoms with Gasteiger partial charge in [-0.1, -0.05) is 0 Å². The maximum absolute atomic E-state index is 10.6. The van der Waals surface area contributed by atoms with Crippen molar-refractivity contribution < 1.29 is 35.0 Å². The molecule has 4 bridgehead atoms. The summed E-state index contributed by atoms with van der Waals surface area (Å²) < 4.78 is 10.5. The lowest BCUT2D eigenvalue weighted by Gasteiger charge is -2.71. The monoisotopic (exact) mass is 302 g/mol. The van der Waals surface area contributed by atoms with Crippen LogP contribution in [0.15, 0.2) is 4.99 Å². The summed E-state index contributed by atoms with van der Waals surface area (Å²) in [5.74, 6) is -2.67. The van der Waals surface area contributed by atoms with Gasteiger partial charge in [-0.15, -0.1) is 0 Å². The number of ether oxygens (including phenoxy) is 2. The fourth-order valence-electron chi connectivity index (χ4n) is 4.51. The van der Waals surface area contributed by atoms with Crippen molar-refractivity contribution in [2.75, 3.05) is 13.2 Å². The van der Waals surface area contributed by atoms with E-state index in [1.807, 2.05) is 0 Å². The van der Waals surface area contributed by atoms with Crippen LogP contribution in [0.3, 0.4) is 0 Å². The molecule has 5 aliphatic rings. The second kappa shape index (κ2) is 3.74. The molecule has 1 saturated carbocycles. The van der Waals surface area contributed by atoms with Gasteiger partial charge in [0.1, 0.15) is 23.9 Å². The zero-order valence-corrected chi connectivity index (χ0v) is 11.1. The highest BCUT2D eigenvalue weighted by Gasteiger charge is 2.81. The van der Waals surface area contributed by atoms with E-state index in [1.165, 1.54) is 0 Å². The largest absolute Gasteiger partial charge is 0.393 e. The summed E-state index contributed by atoms with van der Waals surface area (Å²) in [6.45, 7) is -0.590.